The Kier molecular flexibility index (Phi) is 4.63. The Balaban J connectivity index is 2.26. The van der Waals surface area contributed by atoms with Gasteiger partial charge in [0.1, 0.15) is 12.4 Å². The summed E-state index contributed by atoms with van der Waals surface area (Å²) >= 11 is 0. The molecule has 0 aliphatic carbocycles. The van der Waals surface area contributed by atoms with Crippen LogP contribution < -0.4 is 15.8 Å². The monoisotopic (exact) mass is 208 g/mol. The summed E-state index contributed by atoms with van der Waals surface area (Å²) in [4.78, 5) is 10.8. The van der Waals surface area contributed by atoms with Crippen molar-refractivity contribution in [3.05, 3.63) is 29.8 Å². The van der Waals surface area contributed by atoms with Crippen molar-refractivity contribution in [2.75, 3.05) is 19.7 Å². The number of hydrogen-bond acceptors (Lipinski definition) is 3. The molecular weight excluding hydrogens is 192 g/mol. The second-order valence-corrected chi connectivity index (χ2v) is 3.17. The lowest BCUT2D eigenvalue weighted by Gasteiger charge is -2.08. The van der Waals surface area contributed by atoms with E-state index >= 15 is 0 Å². The van der Waals surface area contributed by atoms with Gasteiger partial charge in [-0.05, 0) is 18.6 Å². The number of carbonyl (C=O) groups excluding carboxylic acids is 1. The van der Waals surface area contributed by atoms with Gasteiger partial charge in [-0.3, -0.25) is 4.79 Å². The van der Waals surface area contributed by atoms with Crippen LogP contribution in [0.5, 0.6) is 5.75 Å². The lowest BCUT2D eigenvalue weighted by atomic mass is 10.2. The number of amides is 1. The van der Waals surface area contributed by atoms with Gasteiger partial charge in [0.05, 0.1) is 13.1 Å². The van der Waals surface area contributed by atoms with Gasteiger partial charge in [0.25, 0.3) is 0 Å². The van der Waals surface area contributed by atoms with Crippen LogP contribution in [0, 0.1) is 6.92 Å². The van der Waals surface area contributed by atoms with E-state index in [4.69, 9.17) is 10.5 Å². The smallest absolute Gasteiger partial charge is 0.233 e. The Morgan fingerprint density at radius 1 is 1.47 bits per heavy atom. The number of nitrogens with two attached hydrogens (primary N) is 1. The van der Waals surface area contributed by atoms with Crippen molar-refractivity contribution in [3.63, 3.8) is 0 Å². The third-order valence-electron chi connectivity index (χ3n) is 1.96. The molecule has 0 saturated heterocycles. The molecule has 0 aromatic heterocycles. The Morgan fingerprint density at radius 2 is 2.20 bits per heavy atom. The van der Waals surface area contributed by atoms with E-state index in [1.165, 1.54) is 0 Å². The molecule has 0 radical (unpaired) electrons. The highest BCUT2D eigenvalue weighted by Gasteiger charge is 1.98. The fraction of sp³-hybridized carbons (Fsp3) is 0.364. The highest BCUT2D eigenvalue weighted by Crippen LogP contribution is 2.15. The minimum absolute atomic E-state index is 0.0182. The van der Waals surface area contributed by atoms with E-state index in [-0.39, 0.29) is 12.5 Å². The lowest BCUT2D eigenvalue weighted by molar-refractivity contribution is -0.119. The highest BCUT2D eigenvalue weighted by molar-refractivity contribution is 5.77. The molecule has 0 heterocycles. The number of ether oxygens (including phenoxy) is 1. The van der Waals surface area contributed by atoms with Gasteiger partial charge in [-0.25, -0.2) is 0 Å². The van der Waals surface area contributed by atoms with Crippen molar-refractivity contribution in [3.8, 4) is 5.75 Å². The maximum absolute atomic E-state index is 10.8. The first-order chi connectivity index (χ1) is 7.24. The third kappa shape index (κ3) is 3.99. The molecule has 4 nitrogen and oxygen atoms in total. The van der Waals surface area contributed by atoms with Crippen molar-refractivity contribution >= 4 is 5.91 Å². The number of para-hydroxylation sites is 1. The summed E-state index contributed by atoms with van der Waals surface area (Å²) in [5.41, 5.74) is 6.22. The molecule has 1 aromatic carbocycles. The summed E-state index contributed by atoms with van der Waals surface area (Å²) in [6.07, 6.45) is 0. The molecule has 0 aliphatic heterocycles. The van der Waals surface area contributed by atoms with Crippen LogP contribution in [0.2, 0.25) is 0 Å². The molecule has 0 aliphatic rings. The molecule has 3 N–H and O–H groups in total. The van der Waals surface area contributed by atoms with Gasteiger partial charge in [0, 0.05) is 0 Å². The molecule has 1 aromatic rings. The minimum atomic E-state index is -0.164. The Morgan fingerprint density at radius 3 is 2.87 bits per heavy atom. The minimum Gasteiger partial charge on any atom is -0.491 e. The quantitative estimate of drug-likeness (QED) is 0.690. The second kappa shape index (κ2) is 6.03. The fourth-order valence-corrected chi connectivity index (χ4v) is 1.14. The second-order valence-electron chi connectivity index (χ2n) is 3.17. The topological polar surface area (TPSA) is 64.3 Å². The number of rotatable bonds is 5. The van der Waals surface area contributed by atoms with Crippen LogP contribution in [0.1, 0.15) is 5.56 Å². The van der Waals surface area contributed by atoms with Crippen molar-refractivity contribution < 1.29 is 9.53 Å². The van der Waals surface area contributed by atoms with Crippen molar-refractivity contribution in [1.82, 2.24) is 5.32 Å². The van der Waals surface area contributed by atoms with Crippen molar-refractivity contribution in [2.45, 2.75) is 6.92 Å². The van der Waals surface area contributed by atoms with E-state index in [0.717, 1.165) is 11.3 Å². The normalized spacial score (nSPS) is 9.73. The third-order valence-corrected chi connectivity index (χ3v) is 1.96. The number of aryl methyl sites for hydroxylation is 1. The number of carbonyl (C=O) groups is 1. The lowest BCUT2D eigenvalue weighted by Crippen LogP contribution is -2.33. The predicted octanol–water partition coefficient (Wildman–Crippen LogP) is 0.449. The van der Waals surface area contributed by atoms with Crippen LogP contribution in [0.25, 0.3) is 0 Å². The summed E-state index contributed by atoms with van der Waals surface area (Å²) < 4.78 is 5.48. The molecular formula is C11H16N2O2. The van der Waals surface area contributed by atoms with Gasteiger partial charge in [-0.2, -0.15) is 0 Å². The summed E-state index contributed by atoms with van der Waals surface area (Å²) in [6.45, 7) is 2.93. The molecule has 15 heavy (non-hydrogen) atoms. The van der Waals surface area contributed by atoms with E-state index in [9.17, 15) is 4.79 Å². The maximum atomic E-state index is 10.8. The molecule has 0 fully saturated rings. The summed E-state index contributed by atoms with van der Waals surface area (Å²) in [7, 11) is 0. The van der Waals surface area contributed by atoms with E-state index in [1.807, 2.05) is 31.2 Å². The van der Waals surface area contributed by atoms with Crippen molar-refractivity contribution in [2.24, 2.45) is 5.73 Å². The fourth-order valence-electron chi connectivity index (χ4n) is 1.14. The highest BCUT2D eigenvalue weighted by atomic mass is 16.5. The zero-order valence-corrected chi connectivity index (χ0v) is 8.82. The Labute approximate surface area is 89.4 Å². The van der Waals surface area contributed by atoms with E-state index in [0.29, 0.717) is 13.2 Å². The predicted molar refractivity (Wildman–Crippen MR) is 58.7 cm³/mol. The van der Waals surface area contributed by atoms with Crippen LogP contribution in [0.15, 0.2) is 24.3 Å². The molecule has 0 bridgehead atoms. The van der Waals surface area contributed by atoms with Gasteiger partial charge in [-0.15, -0.1) is 0 Å². The van der Waals surface area contributed by atoms with Crippen LogP contribution in [0.3, 0.4) is 0 Å². The molecule has 82 valence electrons. The zero-order valence-electron chi connectivity index (χ0n) is 8.82. The standard InChI is InChI=1S/C11H16N2O2/c1-9-4-2-3-5-10(9)15-7-6-13-11(14)8-12/h2-5H,6-8,12H2,1H3,(H,13,14). The van der Waals surface area contributed by atoms with E-state index in [1.54, 1.807) is 0 Å². The first-order valence-electron chi connectivity index (χ1n) is 4.89. The summed E-state index contributed by atoms with van der Waals surface area (Å²) in [5, 5.41) is 2.63. The molecule has 0 saturated carbocycles. The Hall–Kier alpha value is -1.55. The SMILES string of the molecule is Cc1ccccc1OCCNC(=O)CN. The average molecular weight is 208 g/mol. The number of benzene rings is 1. The molecule has 1 rings (SSSR count). The van der Waals surface area contributed by atoms with E-state index in [2.05, 4.69) is 5.32 Å². The van der Waals surface area contributed by atoms with Crippen LogP contribution in [0.4, 0.5) is 0 Å². The Bertz CT molecular complexity index is 326. The van der Waals surface area contributed by atoms with Gasteiger partial charge < -0.3 is 15.8 Å². The molecule has 1 amide bonds. The zero-order chi connectivity index (χ0) is 11.1. The van der Waals surface area contributed by atoms with Gasteiger partial charge in [-0.1, -0.05) is 18.2 Å². The first kappa shape index (κ1) is 11.5. The average Bonchev–Trinajstić information content (AvgIpc) is 2.26. The van der Waals surface area contributed by atoms with Gasteiger partial charge in [0.15, 0.2) is 0 Å². The molecule has 4 heteroatoms. The van der Waals surface area contributed by atoms with E-state index < -0.39 is 0 Å². The molecule has 0 spiro atoms. The number of nitrogens with one attached hydrogen (secondary N) is 1. The van der Waals surface area contributed by atoms with Crippen molar-refractivity contribution in [1.29, 1.82) is 0 Å². The van der Waals surface area contributed by atoms with Crippen LogP contribution in [-0.2, 0) is 4.79 Å². The molecule has 0 atom stereocenters. The summed E-state index contributed by atoms with van der Waals surface area (Å²) in [5.74, 6) is 0.683. The largest absolute Gasteiger partial charge is 0.491 e. The molecule has 0 unspecified atom stereocenters. The summed E-state index contributed by atoms with van der Waals surface area (Å²) in [6, 6.07) is 7.76. The first-order valence-corrected chi connectivity index (χ1v) is 4.89. The number of hydrogen-bond donors (Lipinski definition) is 2. The van der Waals surface area contributed by atoms with Crippen LogP contribution >= 0.6 is 0 Å². The maximum Gasteiger partial charge on any atom is 0.233 e. The van der Waals surface area contributed by atoms with Gasteiger partial charge in [0.2, 0.25) is 5.91 Å². The van der Waals surface area contributed by atoms with Gasteiger partial charge >= 0.3 is 0 Å². The van der Waals surface area contributed by atoms with Crippen LogP contribution in [-0.4, -0.2) is 25.6 Å².